The molecule has 0 unspecified atom stereocenters. The lowest BCUT2D eigenvalue weighted by Crippen LogP contribution is -2.07. The molecule has 7 nitrogen and oxygen atoms in total. The molecule has 4 rings (SSSR count). The minimum atomic E-state index is -1.16. The molecule has 1 aromatic carbocycles. The van der Waals surface area contributed by atoms with Crippen LogP contribution in [0.1, 0.15) is 18.9 Å². The van der Waals surface area contributed by atoms with Gasteiger partial charge in [-0.1, -0.05) is 17.7 Å². The zero-order chi connectivity index (χ0) is 16.8. The van der Waals surface area contributed by atoms with Gasteiger partial charge in [0.1, 0.15) is 17.8 Å². The second-order valence-corrected chi connectivity index (χ2v) is 6.17. The van der Waals surface area contributed by atoms with Crippen molar-refractivity contribution in [1.29, 1.82) is 0 Å². The fourth-order valence-corrected chi connectivity index (χ4v) is 3.09. The topological polar surface area (TPSA) is 106 Å². The lowest BCUT2D eigenvalue weighted by Gasteiger charge is -2.06. The third-order valence-corrected chi connectivity index (χ3v) is 4.41. The number of nitrogens with zero attached hydrogens (tertiary/aromatic N) is 3. The van der Waals surface area contributed by atoms with Crippen LogP contribution in [0.25, 0.3) is 22.2 Å². The summed E-state index contributed by atoms with van der Waals surface area (Å²) < 4.78 is 2.13. The van der Waals surface area contributed by atoms with Gasteiger partial charge in [-0.05, 0) is 30.5 Å². The van der Waals surface area contributed by atoms with E-state index in [0.29, 0.717) is 22.6 Å². The first kappa shape index (κ1) is 14.8. The molecule has 4 N–H and O–H groups in total. The molecule has 3 aromatic rings. The zero-order valence-electron chi connectivity index (χ0n) is 12.5. The van der Waals surface area contributed by atoms with Gasteiger partial charge in [-0.2, -0.15) is 0 Å². The van der Waals surface area contributed by atoms with Crippen molar-refractivity contribution >= 4 is 40.2 Å². The predicted octanol–water partition coefficient (Wildman–Crippen LogP) is 3.76. The second kappa shape index (κ2) is 5.38. The summed E-state index contributed by atoms with van der Waals surface area (Å²) in [6.07, 6.45) is 4.56. The van der Waals surface area contributed by atoms with E-state index >= 15 is 0 Å². The molecule has 1 aliphatic carbocycles. The summed E-state index contributed by atoms with van der Waals surface area (Å²) in [4.78, 5) is 19.2. The zero-order valence-corrected chi connectivity index (χ0v) is 13.3. The van der Waals surface area contributed by atoms with Gasteiger partial charge >= 0.3 is 6.09 Å². The normalized spacial score (nSPS) is 14.0. The highest BCUT2D eigenvalue weighted by atomic mass is 35.5. The molecular weight excluding hydrogens is 330 g/mol. The Balaban J connectivity index is 1.87. The van der Waals surface area contributed by atoms with Gasteiger partial charge in [0.15, 0.2) is 0 Å². The number of benzene rings is 1. The van der Waals surface area contributed by atoms with E-state index < -0.39 is 6.09 Å². The number of hydrogen-bond donors (Lipinski definition) is 3. The van der Waals surface area contributed by atoms with Crippen LogP contribution >= 0.6 is 11.6 Å². The van der Waals surface area contributed by atoms with Crippen LogP contribution in [0.3, 0.4) is 0 Å². The monoisotopic (exact) mass is 343 g/mol. The Labute approximate surface area is 142 Å². The number of nitrogens with two attached hydrogens (primary N) is 1. The average molecular weight is 344 g/mol. The summed E-state index contributed by atoms with van der Waals surface area (Å²) in [5.41, 5.74) is 8.94. The van der Waals surface area contributed by atoms with Crippen LogP contribution in [0, 0.1) is 0 Å². The summed E-state index contributed by atoms with van der Waals surface area (Å²) in [6.45, 7) is 0. The molecule has 0 spiro atoms. The third-order valence-electron chi connectivity index (χ3n) is 4.10. The number of nitrogen functional groups attached to an aromatic ring is 1. The molecule has 0 atom stereocenters. The van der Waals surface area contributed by atoms with Crippen molar-refractivity contribution in [2.75, 3.05) is 11.1 Å². The first-order chi connectivity index (χ1) is 11.5. The lowest BCUT2D eigenvalue weighted by molar-refractivity contribution is 0.210. The molecule has 2 aromatic heterocycles. The van der Waals surface area contributed by atoms with Crippen LogP contribution in [0.5, 0.6) is 0 Å². The maximum absolute atomic E-state index is 10.8. The van der Waals surface area contributed by atoms with E-state index in [0.717, 1.165) is 35.0 Å². The Hall–Kier alpha value is -2.80. The summed E-state index contributed by atoms with van der Waals surface area (Å²) in [5.74, 6) is 0.415. The number of nitrogens with one attached hydrogen (secondary N) is 1. The van der Waals surface area contributed by atoms with Crippen LogP contribution in [0.4, 0.5) is 16.3 Å². The number of carbonyl (C=O) groups is 1. The summed E-state index contributed by atoms with van der Waals surface area (Å²) in [6, 6.07) is 5.59. The molecule has 24 heavy (non-hydrogen) atoms. The van der Waals surface area contributed by atoms with Crippen LogP contribution in [0.15, 0.2) is 30.7 Å². The summed E-state index contributed by atoms with van der Waals surface area (Å²) in [5, 5.41) is 12.2. The number of carboxylic acid groups (broad SMARTS) is 1. The molecule has 1 amide bonds. The van der Waals surface area contributed by atoms with Crippen LogP contribution < -0.4 is 11.1 Å². The molecule has 0 radical (unpaired) electrons. The van der Waals surface area contributed by atoms with E-state index in [2.05, 4.69) is 19.9 Å². The summed E-state index contributed by atoms with van der Waals surface area (Å²) in [7, 11) is 0. The van der Waals surface area contributed by atoms with Gasteiger partial charge < -0.3 is 15.4 Å². The van der Waals surface area contributed by atoms with Gasteiger partial charge in [-0.15, -0.1) is 0 Å². The number of fused-ring (bicyclic) bond motifs is 1. The molecular formula is C16H14ClN5O2. The highest BCUT2D eigenvalue weighted by Crippen LogP contribution is 2.42. The van der Waals surface area contributed by atoms with Crippen LogP contribution in [0.2, 0.25) is 5.02 Å². The average Bonchev–Trinajstić information content (AvgIpc) is 3.30. The van der Waals surface area contributed by atoms with Gasteiger partial charge in [-0.25, -0.2) is 14.8 Å². The number of halogens is 1. The number of anilines is 2. The van der Waals surface area contributed by atoms with Gasteiger partial charge in [0.05, 0.1) is 16.1 Å². The van der Waals surface area contributed by atoms with E-state index in [4.69, 9.17) is 22.4 Å². The van der Waals surface area contributed by atoms with Crippen molar-refractivity contribution in [2.45, 2.75) is 18.9 Å². The van der Waals surface area contributed by atoms with Gasteiger partial charge in [-0.3, -0.25) is 5.32 Å². The molecule has 0 aliphatic heterocycles. The molecule has 1 fully saturated rings. The van der Waals surface area contributed by atoms with Crippen molar-refractivity contribution in [2.24, 2.45) is 0 Å². The van der Waals surface area contributed by atoms with E-state index in [-0.39, 0.29) is 0 Å². The van der Waals surface area contributed by atoms with Crippen molar-refractivity contribution in [3.63, 3.8) is 0 Å². The van der Waals surface area contributed by atoms with E-state index in [1.807, 2.05) is 6.20 Å². The third kappa shape index (κ3) is 2.43. The Kier molecular flexibility index (Phi) is 3.31. The van der Waals surface area contributed by atoms with Crippen molar-refractivity contribution in [3.05, 3.63) is 35.7 Å². The Morgan fingerprint density at radius 2 is 2.17 bits per heavy atom. The number of aromatic nitrogens is 3. The SMILES string of the molecule is Nc1ncnc2c1c(-c1ccc(NC(=O)O)c(Cl)c1)cn2C1CC1. The quantitative estimate of drug-likeness (QED) is 0.671. The maximum Gasteiger partial charge on any atom is 0.409 e. The summed E-state index contributed by atoms with van der Waals surface area (Å²) >= 11 is 6.20. The maximum atomic E-state index is 10.8. The lowest BCUT2D eigenvalue weighted by atomic mass is 10.1. The van der Waals surface area contributed by atoms with Crippen LogP contribution in [-0.4, -0.2) is 25.7 Å². The van der Waals surface area contributed by atoms with E-state index in [9.17, 15) is 4.79 Å². The molecule has 0 saturated heterocycles. The standard InChI is InChI=1S/C16H14ClN5O2/c17-11-5-8(1-4-12(11)21-16(23)24)10-6-22(9-2-3-9)15-13(10)14(18)19-7-20-15/h1,4-7,9,21H,2-3H2,(H,23,24)(H2,18,19,20). The highest BCUT2D eigenvalue weighted by Gasteiger charge is 2.27. The van der Waals surface area contributed by atoms with E-state index in [1.165, 1.54) is 6.33 Å². The molecule has 1 aliphatic rings. The Morgan fingerprint density at radius 3 is 2.83 bits per heavy atom. The molecule has 1 saturated carbocycles. The fourth-order valence-electron chi connectivity index (χ4n) is 2.86. The second-order valence-electron chi connectivity index (χ2n) is 5.76. The largest absolute Gasteiger partial charge is 0.465 e. The fraction of sp³-hybridized carbons (Fsp3) is 0.188. The van der Waals surface area contributed by atoms with Gasteiger partial charge in [0.2, 0.25) is 0 Å². The molecule has 122 valence electrons. The number of amides is 1. The van der Waals surface area contributed by atoms with Crippen molar-refractivity contribution in [1.82, 2.24) is 14.5 Å². The number of rotatable bonds is 3. The van der Waals surface area contributed by atoms with Crippen molar-refractivity contribution in [3.8, 4) is 11.1 Å². The predicted molar refractivity (Wildman–Crippen MR) is 92.3 cm³/mol. The number of hydrogen-bond acceptors (Lipinski definition) is 4. The van der Waals surface area contributed by atoms with Crippen LogP contribution in [-0.2, 0) is 0 Å². The molecule has 8 heteroatoms. The van der Waals surface area contributed by atoms with E-state index in [1.54, 1.807) is 18.2 Å². The minimum absolute atomic E-state index is 0.317. The Morgan fingerprint density at radius 1 is 1.38 bits per heavy atom. The first-order valence-corrected chi connectivity index (χ1v) is 7.83. The smallest absolute Gasteiger partial charge is 0.409 e. The molecule has 0 bridgehead atoms. The van der Waals surface area contributed by atoms with Crippen molar-refractivity contribution < 1.29 is 9.90 Å². The first-order valence-electron chi connectivity index (χ1n) is 7.45. The highest BCUT2D eigenvalue weighted by molar-refractivity contribution is 6.34. The van der Waals surface area contributed by atoms with Gasteiger partial charge in [0.25, 0.3) is 0 Å². The Bertz CT molecular complexity index is 965. The van der Waals surface area contributed by atoms with Gasteiger partial charge in [0, 0.05) is 17.8 Å². The minimum Gasteiger partial charge on any atom is -0.465 e. The molecule has 2 heterocycles.